The number of nitrogens with zero attached hydrogens (tertiary/aromatic N) is 2. The third-order valence-electron chi connectivity index (χ3n) is 3.06. The number of aromatic nitrogens is 2. The summed E-state index contributed by atoms with van der Waals surface area (Å²) in [5, 5.41) is 4.09. The second-order valence-electron chi connectivity index (χ2n) is 4.71. The van der Waals surface area contributed by atoms with E-state index in [0.29, 0.717) is 24.9 Å². The number of benzene rings is 1. The normalized spacial score (nSPS) is 11.5. The predicted molar refractivity (Wildman–Crippen MR) is 73.7 cm³/mol. The Morgan fingerprint density at radius 1 is 1.27 bits per heavy atom. The number of Topliss-reactive ketones (excluding diaryl/α,β-unsaturated/α-hetero) is 1. The van der Waals surface area contributed by atoms with Crippen molar-refractivity contribution >= 4 is 5.78 Å². The van der Waals surface area contributed by atoms with Crippen LogP contribution in [0.1, 0.15) is 29.3 Å². The minimum absolute atomic E-state index is 0.0277. The largest absolute Gasteiger partial charge is 0.573 e. The summed E-state index contributed by atoms with van der Waals surface area (Å²) < 4.78 is 41.6. The smallest absolute Gasteiger partial charge is 0.406 e. The van der Waals surface area contributed by atoms with Gasteiger partial charge in [0.1, 0.15) is 5.75 Å². The van der Waals surface area contributed by atoms with Crippen molar-refractivity contribution < 1.29 is 22.7 Å². The van der Waals surface area contributed by atoms with E-state index in [1.54, 1.807) is 29.9 Å². The number of halogens is 3. The lowest BCUT2D eigenvalue weighted by atomic mass is 10.1. The minimum Gasteiger partial charge on any atom is -0.406 e. The highest BCUT2D eigenvalue weighted by Gasteiger charge is 2.30. The monoisotopic (exact) mass is 312 g/mol. The van der Waals surface area contributed by atoms with E-state index in [-0.39, 0.29) is 11.5 Å². The number of alkyl halides is 3. The first-order chi connectivity index (χ1) is 10.4. The molecule has 1 aromatic heterocycles. The number of ether oxygens (including phenoxy) is 1. The van der Waals surface area contributed by atoms with Crippen molar-refractivity contribution in [3.63, 3.8) is 0 Å². The number of hydrogen-bond acceptors (Lipinski definition) is 3. The summed E-state index contributed by atoms with van der Waals surface area (Å²) in [5.74, 6) is -0.217. The average Bonchev–Trinajstić information content (AvgIpc) is 2.93. The molecule has 0 amide bonds. The van der Waals surface area contributed by atoms with Crippen LogP contribution in [-0.4, -0.2) is 21.9 Å². The van der Waals surface area contributed by atoms with Crippen molar-refractivity contribution in [3.8, 4) is 5.75 Å². The topological polar surface area (TPSA) is 44.1 Å². The maximum Gasteiger partial charge on any atom is 0.573 e. The zero-order chi connectivity index (χ0) is 16.2. The van der Waals surface area contributed by atoms with E-state index < -0.39 is 6.36 Å². The number of aryl methyl sites for hydroxylation is 2. The van der Waals surface area contributed by atoms with Gasteiger partial charge in [-0.2, -0.15) is 5.10 Å². The van der Waals surface area contributed by atoms with Gasteiger partial charge in [0.05, 0.1) is 11.8 Å². The summed E-state index contributed by atoms with van der Waals surface area (Å²) in [5.41, 5.74) is 1.42. The van der Waals surface area contributed by atoms with Crippen LogP contribution in [0, 0.1) is 0 Å². The van der Waals surface area contributed by atoms with E-state index >= 15 is 0 Å². The van der Waals surface area contributed by atoms with E-state index in [1.165, 1.54) is 18.3 Å². The van der Waals surface area contributed by atoms with E-state index in [9.17, 15) is 18.0 Å². The molecule has 0 bridgehead atoms. The SMILES string of the molecule is CCC(=O)c1cnn(CCc2ccc(OC(F)(F)F)cc2)c1. The van der Waals surface area contributed by atoms with Crippen LogP contribution >= 0.6 is 0 Å². The lowest BCUT2D eigenvalue weighted by Gasteiger charge is -2.09. The van der Waals surface area contributed by atoms with Gasteiger partial charge in [0.25, 0.3) is 0 Å². The van der Waals surface area contributed by atoms with Crippen molar-refractivity contribution in [2.24, 2.45) is 0 Å². The van der Waals surface area contributed by atoms with E-state index in [0.717, 1.165) is 5.56 Å². The molecule has 0 unspecified atom stereocenters. The zero-order valence-electron chi connectivity index (χ0n) is 11.9. The van der Waals surface area contributed by atoms with Crippen LogP contribution in [0.3, 0.4) is 0 Å². The van der Waals surface area contributed by atoms with Crippen LogP contribution in [0.15, 0.2) is 36.7 Å². The maximum atomic E-state index is 12.0. The molecule has 0 N–H and O–H groups in total. The molecule has 4 nitrogen and oxygen atoms in total. The first kappa shape index (κ1) is 16.1. The van der Waals surface area contributed by atoms with Crippen molar-refractivity contribution in [3.05, 3.63) is 47.8 Å². The molecular weight excluding hydrogens is 297 g/mol. The van der Waals surface area contributed by atoms with Crippen molar-refractivity contribution in [2.45, 2.75) is 32.7 Å². The molecule has 22 heavy (non-hydrogen) atoms. The number of ketones is 1. The molecule has 0 saturated carbocycles. The van der Waals surface area contributed by atoms with E-state index in [2.05, 4.69) is 9.84 Å². The molecular formula is C15H15F3N2O2. The molecule has 0 saturated heterocycles. The van der Waals surface area contributed by atoms with Crippen molar-refractivity contribution in [1.29, 1.82) is 0 Å². The fourth-order valence-electron chi connectivity index (χ4n) is 1.94. The van der Waals surface area contributed by atoms with Crippen LogP contribution in [0.4, 0.5) is 13.2 Å². The second-order valence-corrected chi connectivity index (χ2v) is 4.71. The van der Waals surface area contributed by atoms with Gasteiger partial charge in [0.2, 0.25) is 0 Å². The standard InChI is InChI=1S/C15H15F3N2O2/c1-2-14(21)12-9-19-20(10-12)8-7-11-3-5-13(6-4-11)22-15(16,17)18/h3-6,9-10H,2,7-8H2,1H3. The van der Waals surface area contributed by atoms with Crippen LogP contribution < -0.4 is 4.74 Å². The van der Waals surface area contributed by atoms with Crippen molar-refractivity contribution in [2.75, 3.05) is 0 Å². The van der Waals surface area contributed by atoms with Crippen LogP contribution in [-0.2, 0) is 13.0 Å². The van der Waals surface area contributed by atoms with E-state index in [1.807, 2.05) is 0 Å². The lowest BCUT2D eigenvalue weighted by Crippen LogP contribution is -2.17. The molecule has 0 spiro atoms. The van der Waals surface area contributed by atoms with Gasteiger partial charge in [-0.15, -0.1) is 13.2 Å². The molecule has 7 heteroatoms. The fourth-order valence-corrected chi connectivity index (χ4v) is 1.94. The highest BCUT2D eigenvalue weighted by atomic mass is 19.4. The first-order valence-corrected chi connectivity index (χ1v) is 6.77. The van der Waals surface area contributed by atoms with E-state index in [4.69, 9.17) is 0 Å². The highest BCUT2D eigenvalue weighted by Crippen LogP contribution is 2.22. The Kier molecular flexibility index (Phi) is 4.85. The third kappa shape index (κ3) is 4.61. The van der Waals surface area contributed by atoms with Gasteiger partial charge in [-0.3, -0.25) is 9.48 Å². The number of rotatable bonds is 6. The number of hydrogen-bond donors (Lipinski definition) is 0. The summed E-state index contributed by atoms with van der Waals surface area (Å²) >= 11 is 0. The molecule has 0 aliphatic heterocycles. The van der Waals surface area contributed by atoms with Crippen LogP contribution in [0.5, 0.6) is 5.75 Å². The summed E-state index contributed by atoms with van der Waals surface area (Å²) in [4.78, 5) is 11.5. The number of carbonyl (C=O) groups excluding carboxylic acids is 1. The molecule has 0 radical (unpaired) electrons. The molecule has 0 aliphatic rings. The molecule has 1 heterocycles. The fraction of sp³-hybridized carbons (Fsp3) is 0.333. The summed E-state index contributed by atoms with van der Waals surface area (Å²) in [7, 11) is 0. The van der Waals surface area contributed by atoms with Gasteiger partial charge in [-0.1, -0.05) is 19.1 Å². The summed E-state index contributed by atoms with van der Waals surface area (Å²) in [6.45, 7) is 2.32. The Morgan fingerprint density at radius 3 is 2.55 bits per heavy atom. The van der Waals surface area contributed by atoms with Crippen LogP contribution in [0.25, 0.3) is 0 Å². The Bertz CT molecular complexity index is 633. The van der Waals surface area contributed by atoms with Gasteiger partial charge in [0, 0.05) is 19.2 Å². The van der Waals surface area contributed by atoms with Crippen LogP contribution in [0.2, 0.25) is 0 Å². The zero-order valence-corrected chi connectivity index (χ0v) is 11.9. The molecule has 118 valence electrons. The highest BCUT2D eigenvalue weighted by molar-refractivity contribution is 5.95. The molecule has 0 aliphatic carbocycles. The summed E-state index contributed by atoms with van der Waals surface area (Å²) in [6, 6.07) is 5.70. The average molecular weight is 312 g/mol. The molecule has 2 rings (SSSR count). The van der Waals surface area contributed by atoms with Gasteiger partial charge in [-0.05, 0) is 24.1 Å². The predicted octanol–water partition coefficient (Wildman–Crippen LogP) is 3.62. The Labute approximate surface area is 125 Å². The quantitative estimate of drug-likeness (QED) is 0.765. The molecule has 2 aromatic rings. The Hall–Kier alpha value is -2.31. The molecule has 1 aromatic carbocycles. The van der Waals surface area contributed by atoms with Gasteiger partial charge in [0.15, 0.2) is 5.78 Å². The maximum absolute atomic E-state index is 12.0. The van der Waals surface area contributed by atoms with Gasteiger partial charge >= 0.3 is 6.36 Å². The Balaban J connectivity index is 1.91. The molecule has 0 fully saturated rings. The summed E-state index contributed by atoms with van der Waals surface area (Å²) in [6.07, 6.45) is -0.474. The third-order valence-corrected chi connectivity index (χ3v) is 3.06. The Morgan fingerprint density at radius 2 is 1.95 bits per heavy atom. The number of carbonyl (C=O) groups is 1. The van der Waals surface area contributed by atoms with Crippen molar-refractivity contribution in [1.82, 2.24) is 9.78 Å². The molecule has 0 atom stereocenters. The lowest BCUT2D eigenvalue weighted by molar-refractivity contribution is -0.274. The minimum atomic E-state index is -4.68. The van der Waals surface area contributed by atoms with Gasteiger partial charge in [-0.25, -0.2) is 0 Å². The van der Waals surface area contributed by atoms with Gasteiger partial charge < -0.3 is 4.74 Å². The first-order valence-electron chi connectivity index (χ1n) is 6.77. The second kappa shape index (κ2) is 6.64.